The molecule has 0 aromatic carbocycles. The summed E-state index contributed by atoms with van der Waals surface area (Å²) in [5.74, 6) is -1.36. The highest BCUT2D eigenvalue weighted by molar-refractivity contribution is 5.91. The van der Waals surface area contributed by atoms with Gasteiger partial charge in [-0.25, -0.2) is 4.79 Å². The number of carbonyl (C=O) groups excluding carboxylic acids is 2. The van der Waals surface area contributed by atoms with E-state index in [9.17, 15) is 14.4 Å². The highest BCUT2D eigenvalue weighted by Gasteiger charge is 2.38. The number of likely N-dealkylation sites (N-methyl/N-ethyl adjacent to an activating group) is 2. The molecule has 1 saturated heterocycles. The maximum Gasteiger partial charge on any atom is 0.331 e. The van der Waals surface area contributed by atoms with Crippen molar-refractivity contribution in [2.24, 2.45) is 5.41 Å². The molecule has 0 spiro atoms. The zero-order valence-electron chi connectivity index (χ0n) is 17.7. The van der Waals surface area contributed by atoms with E-state index in [1.807, 2.05) is 32.7 Å². The fourth-order valence-corrected chi connectivity index (χ4v) is 3.24. The lowest BCUT2D eigenvalue weighted by atomic mass is 9.85. The number of hydrogen-bond acceptors (Lipinski definition) is 4. The molecule has 154 valence electrons. The Morgan fingerprint density at radius 3 is 2.33 bits per heavy atom. The summed E-state index contributed by atoms with van der Waals surface area (Å²) in [6.45, 7) is 9.88. The first-order chi connectivity index (χ1) is 12.4. The van der Waals surface area contributed by atoms with E-state index in [4.69, 9.17) is 5.11 Å². The van der Waals surface area contributed by atoms with Gasteiger partial charge in [-0.3, -0.25) is 14.5 Å². The van der Waals surface area contributed by atoms with Gasteiger partial charge in [0.25, 0.3) is 0 Å². The van der Waals surface area contributed by atoms with Crippen LogP contribution >= 0.6 is 0 Å². The van der Waals surface area contributed by atoms with Crippen LogP contribution in [0.4, 0.5) is 0 Å². The van der Waals surface area contributed by atoms with Crippen LogP contribution in [-0.2, 0) is 14.4 Å². The number of nitrogens with zero attached hydrogens (tertiary/aromatic N) is 2. The summed E-state index contributed by atoms with van der Waals surface area (Å²) in [6, 6.07) is -1.30. The normalized spacial score (nSPS) is 21.3. The lowest BCUT2D eigenvalue weighted by Gasteiger charge is -2.38. The topological polar surface area (TPSA) is 90.0 Å². The average Bonchev–Trinajstić information content (AvgIpc) is 2.57. The molecule has 0 aromatic rings. The number of piperidine rings is 1. The third kappa shape index (κ3) is 6.34. The minimum absolute atomic E-state index is 0.121. The number of carbonyl (C=O) groups is 3. The molecule has 2 amide bonds. The molecule has 0 aromatic heterocycles. The molecule has 7 heteroatoms. The number of carboxylic acid groups (broad SMARTS) is 1. The molecule has 2 N–H and O–H groups in total. The molecule has 1 rings (SSSR count). The van der Waals surface area contributed by atoms with E-state index in [1.54, 1.807) is 14.0 Å². The van der Waals surface area contributed by atoms with Crippen LogP contribution in [0.1, 0.15) is 53.9 Å². The minimum atomic E-state index is -1.01. The smallest absolute Gasteiger partial charge is 0.331 e. The van der Waals surface area contributed by atoms with Crippen molar-refractivity contribution in [3.8, 4) is 0 Å². The van der Waals surface area contributed by atoms with Gasteiger partial charge in [0, 0.05) is 18.7 Å². The molecule has 27 heavy (non-hydrogen) atoms. The first kappa shape index (κ1) is 23.1. The molecule has 0 bridgehead atoms. The van der Waals surface area contributed by atoms with E-state index in [0.717, 1.165) is 25.8 Å². The Morgan fingerprint density at radius 2 is 1.85 bits per heavy atom. The molecule has 0 aliphatic carbocycles. The van der Waals surface area contributed by atoms with Crippen molar-refractivity contribution in [3.05, 3.63) is 11.6 Å². The fraction of sp³-hybridized carbons (Fsp3) is 0.750. The Balaban J connectivity index is 2.95. The van der Waals surface area contributed by atoms with Crippen LogP contribution in [0.5, 0.6) is 0 Å². The van der Waals surface area contributed by atoms with Crippen molar-refractivity contribution in [1.82, 2.24) is 15.1 Å². The summed E-state index contributed by atoms with van der Waals surface area (Å²) in [5, 5.41) is 12.0. The molecule has 1 heterocycles. The Bertz CT molecular complexity index is 595. The average molecular weight is 382 g/mol. The molecule has 1 fully saturated rings. The van der Waals surface area contributed by atoms with Gasteiger partial charge in [0.15, 0.2) is 0 Å². The van der Waals surface area contributed by atoms with Crippen LogP contribution in [0.2, 0.25) is 0 Å². The minimum Gasteiger partial charge on any atom is -0.478 e. The largest absolute Gasteiger partial charge is 0.478 e. The van der Waals surface area contributed by atoms with E-state index < -0.39 is 23.5 Å². The molecule has 1 unspecified atom stereocenters. The standard InChI is InChI=1S/C20H35N3O4/c1-13(19(26)27)12-14(2)23(7)18(25)16(20(3,4)5)21-17(24)15-10-8-9-11-22(15)6/h12,14-16H,8-11H2,1-7H3,(H,21,24)(H,26,27)/b13-12+/t14-,15?,16+/m0/s1. The van der Waals surface area contributed by atoms with E-state index >= 15 is 0 Å². The highest BCUT2D eigenvalue weighted by Crippen LogP contribution is 2.23. The van der Waals surface area contributed by atoms with Gasteiger partial charge in [-0.1, -0.05) is 33.3 Å². The van der Waals surface area contributed by atoms with Gasteiger partial charge in [-0.2, -0.15) is 0 Å². The van der Waals surface area contributed by atoms with Crippen molar-refractivity contribution in [3.63, 3.8) is 0 Å². The van der Waals surface area contributed by atoms with E-state index in [1.165, 1.54) is 17.9 Å². The lowest BCUT2D eigenvalue weighted by Crippen LogP contribution is -2.59. The Hall–Kier alpha value is -1.89. The number of carboxylic acids is 1. The fourth-order valence-electron chi connectivity index (χ4n) is 3.24. The second-order valence-corrected chi connectivity index (χ2v) is 8.64. The van der Waals surface area contributed by atoms with Crippen LogP contribution in [0, 0.1) is 5.41 Å². The summed E-state index contributed by atoms with van der Waals surface area (Å²) in [5.41, 5.74) is -0.290. The van der Waals surface area contributed by atoms with E-state index in [2.05, 4.69) is 5.32 Å². The first-order valence-electron chi connectivity index (χ1n) is 9.55. The van der Waals surface area contributed by atoms with Crippen LogP contribution in [0.25, 0.3) is 0 Å². The summed E-state index contributed by atoms with van der Waals surface area (Å²) >= 11 is 0. The van der Waals surface area contributed by atoms with E-state index in [-0.39, 0.29) is 23.4 Å². The number of aliphatic carboxylic acids is 1. The molecule has 3 atom stereocenters. The van der Waals surface area contributed by atoms with Gasteiger partial charge in [-0.15, -0.1) is 0 Å². The van der Waals surface area contributed by atoms with Crippen molar-refractivity contribution in [1.29, 1.82) is 0 Å². The maximum atomic E-state index is 13.1. The molecular weight excluding hydrogens is 346 g/mol. The lowest BCUT2D eigenvalue weighted by molar-refractivity contribution is -0.141. The summed E-state index contributed by atoms with van der Waals surface area (Å²) in [4.78, 5) is 40.5. The van der Waals surface area contributed by atoms with Crippen LogP contribution in [0.15, 0.2) is 11.6 Å². The number of nitrogens with one attached hydrogen (secondary N) is 1. The first-order valence-corrected chi connectivity index (χ1v) is 9.55. The maximum absolute atomic E-state index is 13.1. The van der Waals surface area contributed by atoms with Crippen LogP contribution in [0.3, 0.4) is 0 Å². The Morgan fingerprint density at radius 1 is 1.26 bits per heavy atom. The van der Waals surface area contributed by atoms with Crippen molar-refractivity contribution in [2.75, 3.05) is 20.6 Å². The third-order valence-corrected chi connectivity index (χ3v) is 5.26. The molecule has 0 radical (unpaired) electrons. The van der Waals surface area contributed by atoms with Crippen molar-refractivity contribution in [2.45, 2.75) is 72.0 Å². The van der Waals surface area contributed by atoms with Gasteiger partial charge in [-0.05, 0) is 45.7 Å². The number of hydrogen-bond donors (Lipinski definition) is 2. The number of likely N-dealkylation sites (tertiary alicyclic amines) is 1. The summed E-state index contributed by atoms with van der Waals surface area (Å²) in [7, 11) is 3.57. The summed E-state index contributed by atoms with van der Waals surface area (Å²) < 4.78 is 0. The Kier molecular flexibility index (Phi) is 8.02. The zero-order chi connectivity index (χ0) is 20.9. The van der Waals surface area contributed by atoms with E-state index in [0.29, 0.717) is 0 Å². The Labute approximate surface area is 162 Å². The van der Waals surface area contributed by atoms with Gasteiger partial charge in [0.2, 0.25) is 11.8 Å². The second-order valence-electron chi connectivity index (χ2n) is 8.64. The van der Waals surface area contributed by atoms with Crippen LogP contribution < -0.4 is 5.32 Å². The predicted molar refractivity (Wildman–Crippen MR) is 105 cm³/mol. The monoisotopic (exact) mass is 381 g/mol. The van der Waals surface area contributed by atoms with Gasteiger partial charge in [0.05, 0.1) is 6.04 Å². The second kappa shape index (κ2) is 9.35. The number of rotatable bonds is 6. The summed E-state index contributed by atoms with van der Waals surface area (Å²) in [6.07, 6.45) is 4.42. The van der Waals surface area contributed by atoms with Gasteiger partial charge >= 0.3 is 5.97 Å². The molecule has 0 saturated carbocycles. The quantitative estimate of drug-likeness (QED) is 0.686. The zero-order valence-corrected chi connectivity index (χ0v) is 17.7. The van der Waals surface area contributed by atoms with Gasteiger partial charge in [0.1, 0.15) is 6.04 Å². The number of amides is 2. The highest BCUT2D eigenvalue weighted by atomic mass is 16.4. The third-order valence-electron chi connectivity index (χ3n) is 5.26. The molecule has 1 aliphatic rings. The van der Waals surface area contributed by atoms with Crippen molar-refractivity contribution >= 4 is 17.8 Å². The van der Waals surface area contributed by atoms with Crippen molar-refractivity contribution < 1.29 is 19.5 Å². The molecular formula is C20H35N3O4. The predicted octanol–water partition coefficient (Wildman–Crippen LogP) is 1.88. The van der Waals surface area contributed by atoms with Crippen LogP contribution in [-0.4, -0.2) is 71.5 Å². The molecule has 7 nitrogen and oxygen atoms in total. The SMILES string of the molecule is C/C(=C\[C@H](C)N(C)C(=O)[C@@H](NC(=O)C1CCCCN1C)C(C)(C)C)C(=O)O. The molecule has 1 aliphatic heterocycles. The van der Waals surface area contributed by atoms with Gasteiger partial charge < -0.3 is 15.3 Å².